The van der Waals surface area contributed by atoms with Crippen LogP contribution in [-0.4, -0.2) is 58.4 Å². The van der Waals surface area contributed by atoms with Crippen LogP contribution in [0.15, 0.2) is 54.7 Å². The zero-order valence-corrected chi connectivity index (χ0v) is 19.2. The second kappa shape index (κ2) is 9.82. The van der Waals surface area contributed by atoms with Crippen LogP contribution in [0.1, 0.15) is 37.9 Å². The summed E-state index contributed by atoms with van der Waals surface area (Å²) in [5.74, 6) is 0.673. The zero-order valence-electron chi connectivity index (χ0n) is 19.2. The Morgan fingerprint density at radius 1 is 1.06 bits per heavy atom. The number of urea groups is 1. The van der Waals surface area contributed by atoms with E-state index in [-0.39, 0.29) is 17.9 Å². The van der Waals surface area contributed by atoms with Crippen molar-refractivity contribution < 1.29 is 9.59 Å². The average molecular weight is 435 g/mol. The van der Waals surface area contributed by atoms with Gasteiger partial charge in [-0.15, -0.1) is 0 Å². The van der Waals surface area contributed by atoms with Gasteiger partial charge < -0.3 is 10.2 Å². The van der Waals surface area contributed by atoms with Crippen molar-refractivity contribution in [3.8, 4) is 0 Å². The van der Waals surface area contributed by atoms with Gasteiger partial charge in [0.1, 0.15) is 5.54 Å². The predicted octanol–water partition coefficient (Wildman–Crippen LogP) is 3.53. The van der Waals surface area contributed by atoms with Crippen LogP contribution in [0.25, 0.3) is 0 Å². The maximum atomic E-state index is 13.8. The van der Waals surface area contributed by atoms with Crippen molar-refractivity contribution in [1.29, 1.82) is 0 Å². The standard InChI is InChI=1S/C26H34N4O2/c1-20(2)19-29-15-11-22(12-16-29)26(18-21-8-4-3-5-9-21)24(31)30(25(32)28-26)17-13-23-10-6-7-14-27-23/h3-10,14,20,22H,11-13,15-19H2,1-2H3,(H,28,32). The number of likely N-dealkylation sites (tertiary alicyclic amines) is 1. The summed E-state index contributed by atoms with van der Waals surface area (Å²) in [5.41, 5.74) is 1.10. The quantitative estimate of drug-likeness (QED) is 0.646. The Bertz CT molecular complexity index is 910. The number of imide groups is 1. The molecular weight excluding hydrogens is 400 g/mol. The first-order valence-electron chi connectivity index (χ1n) is 11.8. The van der Waals surface area contributed by atoms with E-state index in [1.807, 2.05) is 48.5 Å². The van der Waals surface area contributed by atoms with Gasteiger partial charge in [-0.1, -0.05) is 50.2 Å². The van der Waals surface area contributed by atoms with E-state index in [0.717, 1.165) is 43.7 Å². The molecule has 1 aromatic carbocycles. The van der Waals surface area contributed by atoms with Crippen molar-refractivity contribution in [3.05, 3.63) is 66.0 Å². The van der Waals surface area contributed by atoms with Gasteiger partial charge in [0, 0.05) is 37.8 Å². The molecule has 3 heterocycles. The minimum absolute atomic E-state index is 0.0791. The molecule has 1 atom stereocenters. The Morgan fingerprint density at radius 2 is 1.78 bits per heavy atom. The number of rotatable bonds is 8. The summed E-state index contributed by atoms with van der Waals surface area (Å²) in [5, 5.41) is 3.18. The lowest BCUT2D eigenvalue weighted by Crippen LogP contribution is -2.57. The first-order valence-corrected chi connectivity index (χ1v) is 11.8. The molecule has 0 radical (unpaired) electrons. The summed E-state index contributed by atoms with van der Waals surface area (Å²) in [4.78, 5) is 35.1. The first-order chi connectivity index (χ1) is 15.5. The Balaban J connectivity index is 1.54. The van der Waals surface area contributed by atoms with Crippen molar-refractivity contribution >= 4 is 11.9 Å². The number of aromatic nitrogens is 1. The molecule has 170 valence electrons. The average Bonchev–Trinajstić information content (AvgIpc) is 3.03. The Morgan fingerprint density at radius 3 is 2.44 bits per heavy atom. The summed E-state index contributed by atoms with van der Waals surface area (Å²) >= 11 is 0. The molecule has 1 aromatic heterocycles. The van der Waals surface area contributed by atoms with Crippen molar-refractivity contribution in [2.24, 2.45) is 11.8 Å². The number of nitrogens with zero attached hydrogens (tertiary/aromatic N) is 3. The molecule has 2 aliphatic rings. The number of carbonyl (C=O) groups excluding carboxylic acids is 2. The summed E-state index contributed by atoms with van der Waals surface area (Å²) in [6.45, 7) is 7.85. The number of amides is 3. The topological polar surface area (TPSA) is 65.5 Å². The fourth-order valence-electron chi connectivity index (χ4n) is 5.20. The van der Waals surface area contributed by atoms with Crippen LogP contribution >= 0.6 is 0 Å². The van der Waals surface area contributed by atoms with E-state index < -0.39 is 5.54 Å². The number of hydrogen-bond donors (Lipinski definition) is 1. The molecule has 0 saturated carbocycles. The second-order valence-electron chi connectivity index (χ2n) is 9.56. The van der Waals surface area contributed by atoms with Crippen LogP contribution < -0.4 is 5.32 Å². The molecule has 2 aliphatic heterocycles. The van der Waals surface area contributed by atoms with E-state index in [4.69, 9.17) is 0 Å². The summed E-state index contributed by atoms with van der Waals surface area (Å²) in [7, 11) is 0. The molecular formula is C26H34N4O2. The van der Waals surface area contributed by atoms with Gasteiger partial charge in [0.05, 0.1) is 0 Å². The maximum Gasteiger partial charge on any atom is 0.325 e. The lowest BCUT2D eigenvalue weighted by Gasteiger charge is -2.41. The number of benzene rings is 1. The Labute approximate surface area is 191 Å². The molecule has 3 amide bonds. The van der Waals surface area contributed by atoms with E-state index in [9.17, 15) is 9.59 Å². The third-order valence-electron chi connectivity index (χ3n) is 6.75. The van der Waals surface area contributed by atoms with Gasteiger partial charge >= 0.3 is 6.03 Å². The first kappa shape index (κ1) is 22.5. The van der Waals surface area contributed by atoms with E-state index in [2.05, 4.69) is 29.0 Å². The number of nitrogens with one attached hydrogen (secondary N) is 1. The lowest BCUT2D eigenvalue weighted by molar-refractivity contribution is -0.134. The third kappa shape index (κ3) is 4.85. The van der Waals surface area contributed by atoms with Crippen molar-refractivity contribution in [2.45, 2.75) is 45.1 Å². The highest BCUT2D eigenvalue weighted by molar-refractivity contribution is 6.07. The van der Waals surface area contributed by atoms with Crippen LogP contribution in [0.3, 0.4) is 0 Å². The monoisotopic (exact) mass is 434 g/mol. The van der Waals surface area contributed by atoms with Gasteiger partial charge in [-0.3, -0.25) is 14.7 Å². The normalized spacial score (nSPS) is 22.5. The second-order valence-corrected chi connectivity index (χ2v) is 9.56. The summed E-state index contributed by atoms with van der Waals surface area (Å²) < 4.78 is 0. The number of pyridine rings is 1. The highest BCUT2D eigenvalue weighted by atomic mass is 16.2. The Hall–Kier alpha value is -2.73. The summed E-state index contributed by atoms with van der Waals surface area (Å²) in [6.07, 6.45) is 4.67. The summed E-state index contributed by atoms with van der Waals surface area (Å²) in [6, 6.07) is 15.5. The van der Waals surface area contributed by atoms with Crippen LogP contribution in [-0.2, 0) is 17.6 Å². The van der Waals surface area contributed by atoms with Gasteiger partial charge in [0.2, 0.25) is 0 Å². The molecule has 2 saturated heterocycles. The van der Waals surface area contributed by atoms with Gasteiger partial charge in [-0.05, 0) is 55.5 Å². The van der Waals surface area contributed by atoms with E-state index in [0.29, 0.717) is 25.3 Å². The third-order valence-corrected chi connectivity index (χ3v) is 6.75. The minimum atomic E-state index is -0.869. The van der Waals surface area contributed by atoms with Gasteiger partial charge in [0.25, 0.3) is 5.91 Å². The van der Waals surface area contributed by atoms with Crippen LogP contribution in [0.2, 0.25) is 0 Å². The van der Waals surface area contributed by atoms with Gasteiger partial charge in [-0.2, -0.15) is 0 Å². The van der Waals surface area contributed by atoms with Crippen LogP contribution in [0, 0.1) is 11.8 Å². The number of piperidine rings is 1. The van der Waals surface area contributed by atoms with Crippen molar-refractivity contribution in [2.75, 3.05) is 26.2 Å². The minimum Gasteiger partial charge on any atom is -0.322 e. The number of hydrogen-bond acceptors (Lipinski definition) is 4. The molecule has 0 aliphatic carbocycles. The van der Waals surface area contributed by atoms with Gasteiger partial charge in [-0.25, -0.2) is 4.79 Å². The molecule has 2 fully saturated rings. The fourth-order valence-corrected chi connectivity index (χ4v) is 5.20. The molecule has 0 bridgehead atoms. The largest absolute Gasteiger partial charge is 0.325 e. The molecule has 4 rings (SSSR count). The van der Waals surface area contributed by atoms with E-state index in [1.54, 1.807) is 6.20 Å². The molecule has 1 unspecified atom stereocenters. The highest BCUT2D eigenvalue weighted by Crippen LogP contribution is 2.36. The highest BCUT2D eigenvalue weighted by Gasteiger charge is 2.55. The smallest absolute Gasteiger partial charge is 0.322 e. The van der Waals surface area contributed by atoms with E-state index >= 15 is 0 Å². The molecule has 2 aromatic rings. The molecule has 32 heavy (non-hydrogen) atoms. The molecule has 6 heteroatoms. The van der Waals surface area contributed by atoms with Crippen molar-refractivity contribution in [3.63, 3.8) is 0 Å². The molecule has 0 spiro atoms. The van der Waals surface area contributed by atoms with Crippen LogP contribution in [0.4, 0.5) is 4.79 Å². The van der Waals surface area contributed by atoms with Crippen LogP contribution in [0.5, 0.6) is 0 Å². The Kier molecular flexibility index (Phi) is 6.89. The molecule has 6 nitrogen and oxygen atoms in total. The number of carbonyl (C=O) groups is 2. The fraction of sp³-hybridized carbons (Fsp3) is 0.500. The van der Waals surface area contributed by atoms with Gasteiger partial charge in [0.15, 0.2) is 0 Å². The molecule has 1 N–H and O–H groups in total. The SMILES string of the molecule is CC(C)CN1CCC(C2(Cc3ccccc3)NC(=O)N(CCc3ccccn3)C2=O)CC1. The van der Waals surface area contributed by atoms with E-state index in [1.165, 1.54) is 4.90 Å². The predicted molar refractivity (Wildman–Crippen MR) is 125 cm³/mol. The zero-order chi connectivity index (χ0) is 22.6. The maximum absolute atomic E-state index is 13.8. The lowest BCUT2D eigenvalue weighted by atomic mass is 9.74. The van der Waals surface area contributed by atoms with Crippen molar-refractivity contribution in [1.82, 2.24) is 20.1 Å².